The molecule has 1 rings (SSSR count). The Morgan fingerprint density at radius 3 is 2.28 bits per heavy atom. The first-order valence-corrected chi connectivity index (χ1v) is 11.8. The number of esters is 1. The van der Waals surface area contributed by atoms with Gasteiger partial charge in [-0.25, -0.2) is 4.79 Å². The molecule has 4 atom stereocenters. The van der Waals surface area contributed by atoms with Crippen LogP contribution in [0.3, 0.4) is 0 Å². The van der Waals surface area contributed by atoms with Gasteiger partial charge in [-0.3, -0.25) is 14.5 Å². The van der Waals surface area contributed by atoms with Gasteiger partial charge in [-0.15, -0.1) is 0 Å². The summed E-state index contributed by atoms with van der Waals surface area (Å²) in [6, 6.07) is -1.20. The third-order valence-corrected chi connectivity index (χ3v) is 6.26. The molecular formula is C25H45N3O4. The molecule has 0 saturated carbocycles. The van der Waals surface area contributed by atoms with E-state index < -0.39 is 11.5 Å². The molecule has 0 unspecified atom stereocenters. The maximum atomic E-state index is 13.6. The highest BCUT2D eigenvalue weighted by Crippen LogP contribution is 2.25. The van der Waals surface area contributed by atoms with Crippen molar-refractivity contribution in [2.24, 2.45) is 17.3 Å². The van der Waals surface area contributed by atoms with E-state index in [1.54, 1.807) is 31.9 Å². The number of hydrogen-bond acceptors (Lipinski definition) is 5. The lowest BCUT2D eigenvalue weighted by Gasteiger charge is -2.40. The molecule has 0 aliphatic carbocycles. The fourth-order valence-corrected chi connectivity index (χ4v) is 4.26. The summed E-state index contributed by atoms with van der Waals surface area (Å²) in [6.07, 6.45) is 3.59. The smallest absolute Gasteiger partial charge is 0.333 e. The largest absolute Gasteiger partial charge is 0.463 e. The van der Waals surface area contributed by atoms with Crippen LogP contribution < -0.4 is 5.32 Å². The Kier molecular flexibility index (Phi) is 10.4. The lowest BCUT2D eigenvalue weighted by atomic mass is 9.84. The number of rotatable bonds is 8. The third-order valence-electron chi connectivity index (χ3n) is 6.26. The highest BCUT2D eigenvalue weighted by atomic mass is 16.5. The predicted molar refractivity (Wildman–Crippen MR) is 128 cm³/mol. The molecule has 32 heavy (non-hydrogen) atoms. The Balaban J connectivity index is 3.10. The van der Waals surface area contributed by atoms with E-state index in [9.17, 15) is 14.4 Å². The van der Waals surface area contributed by atoms with Crippen LogP contribution in [0.25, 0.3) is 0 Å². The van der Waals surface area contributed by atoms with E-state index in [4.69, 9.17) is 4.74 Å². The maximum Gasteiger partial charge on any atom is 0.333 e. The van der Waals surface area contributed by atoms with E-state index in [0.29, 0.717) is 18.1 Å². The van der Waals surface area contributed by atoms with E-state index in [2.05, 4.69) is 17.1 Å². The van der Waals surface area contributed by atoms with Crippen LogP contribution >= 0.6 is 0 Å². The van der Waals surface area contributed by atoms with Gasteiger partial charge in [-0.2, -0.15) is 0 Å². The molecule has 7 heteroatoms. The SMILES string of the molecule is CCOC(=O)C(C)=C[C@H](C(C)C)N(C)C(=O)[C@@H](NC(=O)[C@H]1CC[C@@H](C)CN1C)C(C)(C)C. The molecule has 0 aromatic rings. The Labute approximate surface area is 194 Å². The van der Waals surface area contributed by atoms with Crippen LogP contribution in [-0.4, -0.2) is 73.0 Å². The van der Waals surface area contributed by atoms with Gasteiger partial charge in [0, 0.05) is 19.2 Å². The molecule has 0 aromatic carbocycles. The molecule has 1 aliphatic rings. The Morgan fingerprint density at radius 1 is 1.22 bits per heavy atom. The van der Waals surface area contributed by atoms with Crippen LogP contribution in [0, 0.1) is 17.3 Å². The van der Waals surface area contributed by atoms with E-state index in [1.807, 2.05) is 41.7 Å². The fraction of sp³-hybridized carbons (Fsp3) is 0.800. The zero-order chi connectivity index (χ0) is 24.8. The number of ether oxygens (including phenoxy) is 1. The maximum absolute atomic E-state index is 13.6. The number of nitrogens with one attached hydrogen (secondary N) is 1. The average molecular weight is 452 g/mol. The minimum Gasteiger partial charge on any atom is -0.463 e. The number of carbonyl (C=O) groups is 3. The van der Waals surface area contributed by atoms with Gasteiger partial charge in [0.1, 0.15) is 6.04 Å². The van der Waals surface area contributed by atoms with Gasteiger partial charge in [0.15, 0.2) is 0 Å². The molecule has 2 amide bonds. The average Bonchev–Trinajstić information content (AvgIpc) is 2.67. The number of hydrogen-bond donors (Lipinski definition) is 1. The molecule has 184 valence electrons. The summed E-state index contributed by atoms with van der Waals surface area (Å²) in [5.74, 6) is 0.00556. The van der Waals surface area contributed by atoms with Crippen molar-refractivity contribution >= 4 is 17.8 Å². The summed E-state index contributed by atoms with van der Waals surface area (Å²) < 4.78 is 5.09. The predicted octanol–water partition coefficient (Wildman–Crippen LogP) is 3.24. The summed E-state index contributed by atoms with van der Waals surface area (Å²) >= 11 is 0. The van der Waals surface area contributed by atoms with Crippen LogP contribution in [-0.2, 0) is 19.1 Å². The summed E-state index contributed by atoms with van der Waals surface area (Å²) in [5.41, 5.74) is 0.00247. The van der Waals surface area contributed by atoms with Crippen LogP contribution in [0.4, 0.5) is 0 Å². The summed E-state index contributed by atoms with van der Waals surface area (Å²) in [5, 5.41) is 3.06. The van der Waals surface area contributed by atoms with Crippen molar-refractivity contribution in [3.05, 3.63) is 11.6 Å². The van der Waals surface area contributed by atoms with E-state index >= 15 is 0 Å². The molecule has 1 heterocycles. The van der Waals surface area contributed by atoms with Gasteiger partial charge >= 0.3 is 5.97 Å². The normalized spacial score (nSPS) is 22.3. The van der Waals surface area contributed by atoms with Crippen molar-refractivity contribution in [3.8, 4) is 0 Å². The second-order valence-electron chi connectivity index (χ2n) is 10.7. The first kappa shape index (κ1) is 28.1. The number of likely N-dealkylation sites (N-methyl/N-ethyl adjacent to an activating group) is 2. The van der Waals surface area contributed by atoms with E-state index in [1.165, 1.54) is 0 Å². The van der Waals surface area contributed by atoms with Crippen LogP contribution in [0.1, 0.15) is 68.2 Å². The molecule has 7 nitrogen and oxygen atoms in total. The molecule has 1 N–H and O–H groups in total. The molecule has 0 bridgehead atoms. The van der Waals surface area contributed by atoms with Gasteiger partial charge in [-0.1, -0.05) is 47.6 Å². The number of likely N-dealkylation sites (tertiary alicyclic amines) is 1. The van der Waals surface area contributed by atoms with Gasteiger partial charge in [0.05, 0.1) is 18.7 Å². The summed E-state index contributed by atoms with van der Waals surface area (Å²) in [7, 11) is 3.71. The number of piperidine rings is 1. The van der Waals surface area contributed by atoms with Gasteiger partial charge in [0.2, 0.25) is 11.8 Å². The molecule has 1 aliphatic heterocycles. The second-order valence-corrected chi connectivity index (χ2v) is 10.7. The summed E-state index contributed by atoms with van der Waals surface area (Å²) in [6.45, 7) is 16.7. The first-order valence-electron chi connectivity index (χ1n) is 11.8. The van der Waals surface area contributed by atoms with Gasteiger partial charge in [0.25, 0.3) is 0 Å². The van der Waals surface area contributed by atoms with Crippen LogP contribution in [0.15, 0.2) is 11.6 Å². The number of nitrogens with zero attached hydrogens (tertiary/aromatic N) is 2. The van der Waals surface area contributed by atoms with Crippen LogP contribution in [0.5, 0.6) is 0 Å². The highest BCUT2D eigenvalue weighted by molar-refractivity contribution is 5.91. The van der Waals surface area contributed by atoms with Crippen molar-refractivity contribution in [1.29, 1.82) is 0 Å². The molecule has 0 aromatic heterocycles. The Hall–Kier alpha value is -1.89. The number of carbonyl (C=O) groups excluding carboxylic acids is 3. The van der Waals surface area contributed by atoms with Crippen molar-refractivity contribution in [2.45, 2.75) is 86.4 Å². The van der Waals surface area contributed by atoms with Gasteiger partial charge in [-0.05, 0) is 51.0 Å². The fourth-order valence-electron chi connectivity index (χ4n) is 4.26. The van der Waals surface area contributed by atoms with Gasteiger partial charge < -0.3 is 15.0 Å². The van der Waals surface area contributed by atoms with E-state index in [0.717, 1.165) is 19.4 Å². The van der Waals surface area contributed by atoms with Crippen molar-refractivity contribution in [3.63, 3.8) is 0 Å². The molecular weight excluding hydrogens is 406 g/mol. The van der Waals surface area contributed by atoms with Crippen molar-refractivity contribution in [2.75, 3.05) is 27.2 Å². The molecule has 1 fully saturated rings. The monoisotopic (exact) mass is 451 g/mol. The first-order chi connectivity index (χ1) is 14.7. The van der Waals surface area contributed by atoms with Crippen molar-refractivity contribution in [1.82, 2.24) is 15.1 Å². The zero-order valence-corrected chi connectivity index (χ0v) is 21.8. The lowest BCUT2D eigenvalue weighted by Crippen LogP contribution is -2.60. The topological polar surface area (TPSA) is 79.0 Å². The van der Waals surface area contributed by atoms with Crippen LogP contribution in [0.2, 0.25) is 0 Å². The molecule has 1 saturated heterocycles. The Bertz CT molecular complexity index is 696. The highest BCUT2D eigenvalue weighted by Gasteiger charge is 2.39. The number of amides is 2. The third kappa shape index (κ3) is 7.61. The Morgan fingerprint density at radius 2 is 1.81 bits per heavy atom. The zero-order valence-electron chi connectivity index (χ0n) is 21.8. The molecule has 0 spiro atoms. The van der Waals surface area contributed by atoms with Crippen molar-refractivity contribution < 1.29 is 19.1 Å². The molecule has 0 radical (unpaired) electrons. The second kappa shape index (κ2) is 11.8. The standard InChI is InChI=1S/C25H45N3O4/c1-11-32-24(31)18(5)14-20(16(2)3)28(10)23(30)21(25(6,7)8)26-22(29)19-13-12-17(4)15-27(19)9/h14,16-17,19-21H,11-13,15H2,1-10H3,(H,26,29)/t17-,19-,20-,21-/m1/s1. The lowest BCUT2D eigenvalue weighted by molar-refractivity contribution is -0.142. The quantitative estimate of drug-likeness (QED) is 0.453. The summed E-state index contributed by atoms with van der Waals surface area (Å²) in [4.78, 5) is 42.6. The van der Waals surface area contributed by atoms with E-state index in [-0.39, 0.29) is 35.8 Å². The minimum atomic E-state index is -0.676. The minimum absolute atomic E-state index is 0.0793.